The zero-order chi connectivity index (χ0) is 14.7. The molecule has 8 nitrogen and oxygen atoms in total. The third kappa shape index (κ3) is 3.38. The first-order chi connectivity index (χ1) is 9.47. The van der Waals surface area contributed by atoms with Crippen LogP contribution >= 0.6 is 0 Å². The maximum Gasteiger partial charge on any atom is 0.323 e. The van der Waals surface area contributed by atoms with E-state index >= 15 is 0 Å². The number of rotatable bonds is 4. The van der Waals surface area contributed by atoms with Gasteiger partial charge in [-0.2, -0.15) is 0 Å². The van der Waals surface area contributed by atoms with Crippen molar-refractivity contribution >= 4 is 18.0 Å². The molecule has 0 aliphatic carbocycles. The van der Waals surface area contributed by atoms with Crippen molar-refractivity contribution in [2.24, 2.45) is 0 Å². The van der Waals surface area contributed by atoms with Crippen molar-refractivity contribution in [3.8, 4) is 0 Å². The topological polar surface area (TPSA) is 101 Å². The molecule has 2 saturated heterocycles. The van der Waals surface area contributed by atoms with Crippen LogP contribution in [0.15, 0.2) is 0 Å². The Balaban J connectivity index is 1.99. The number of carbonyl (C=O) groups is 3. The molecule has 0 bridgehead atoms. The van der Waals surface area contributed by atoms with Gasteiger partial charge in [-0.3, -0.25) is 14.5 Å². The van der Waals surface area contributed by atoms with E-state index in [0.29, 0.717) is 19.1 Å². The lowest BCUT2D eigenvalue weighted by molar-refractivity contribution is -0.140. The number of hydrogen-bond acceptors (Lipinski definition) is 4. The largest absolute Gasteiger partial charge is 0.480 e. The summed E-state index contributed by atoms with van der Waals surface area (Å²) in [5.74, 6) is -2.42. The molecule has 0 aromatic carbocycles. The van der Waals surface area contributed by atoms with E-state index in [-0.39, 0.29) is 0 Å². The number of hydrogen-bond donors (Lipinski definition) is 2. The maximum atomic E-state index is 12.3. The Morgan fingerprint density at radius 1 is 1.05 bits per heavy atom. The minimum Gasteiger partial charge on any atom is -0.480 e. The number of piperazine rings is 1. The average Bonchev–Trinajstić information content (AvgIpc) is 2.83. The molecule has 20 heavy (non-hydrogen) atoms. The van der Waals surface area contributed by atoms with Crippen molar-refractivity contribution in [1.29, 1.82) is 0 Å². The highest BCUT2D eigenvalue weighted by Gasteiger charge is 2.34. The molecule has 2 aliphatic rings. The van der Waals surface area contributed by atoms with Crippen molar-refractivity contribution in [2.75, 3.05) is 39.3 Å². The Kier molecular flexibility index (Phi) is 4.43. The highest BCUT2D eigenvalue weighted by molar-refractivity contribution is 5.84. The van der Waals surface area contributed by atoms with E-state index in [4.69, 9.17) is 10.2 Å². The molecule has 1 atom stereocenters. The van der Waals surface area contributed by atoms with Crippen molar-refractivity contribution in [3.63, 3.8) is 0 Å². The van der Waals surface area contributed by atoms with Crippen LogP contribution in [0.1, 0.15) is 12.8 Å². The molecule has 0 radical (unpaired) electrons. The fraction of sp³-hybridized carbons (Fsp3) is 0.750. The van der Waals surface area contributed by atoms with Gasteiger partial charge < -0.3 is 20.0 Å². The maximum absolute atomic E-state index is 12.3. The van der Waals surface area contributed by atoms with E-state index in [1.165, 1.54) is 0 Å². The molecule has 2 amide bonds. The first kappa shape index (κ1) is 14.6. The number of carboxylic acids is 2. The summed E-state index contributed by atoms with van der Waals surface area (Å²) < 4.78 is 0. The zero-order valence-corrected chi connectivity index (χ0v) is 11.2. The quantitative estimate of drug-likeness (QED) is 0.712. The summed E-state index contributed by atoms with van der Waals surface area (Å²) in [6.45, 7) is 1.71. The molecule has 8 heteroatoms. The second-order valence-electron chi connectivity index (χ2n) is 5.20. The summed E-state index contributed by atoms with van der Waals surface area (Å²) in [6, 6.07) is -0.175. The summed E-state index contributed by atoms with van der Waals surface area (Å²) in [4.78, 5) is 38.5. The van der Waals surface area contributed by atoms with Crippen LogP contribution in [-0.4, -0.2) is 88.2 Å². The van der Waals surface area contributed by atoms with Gasteiger partial charge in [0.25, 0.3) is 0 Å². The first-order valence-electron chi connectivity index (χ1n) is 6.69. The van der Waals surface area contributed by atoms with Gasteiger partial charge in [0.05, 0.1) is 0 Å². The molecule has 2 heterocycles. The highest BCUT2D eigenvalue weighted by Crippen LogP contribution is 2.22. The lowest BCUT2D eigenvalue weighted by atomic mass is 10.1. The predicted molar refractivity (Wildman–Crippen MR) is 68.4 cm³/mol. The van der Waals surface area contributed by atoms with E-state index in [2.05, 4.69) is 4.90 Å². The summed E-state index contributed by atoms with van der Waals surface area (Å²) >= 11 is 0. The molecular formula is C12H19N3O5. The van der Waals surface area contributed by atoms with Gasteiger partial charge >= 0.3 is 18.0 Å². The number of carbonyl (C=O) groups excluding carboxylic acids is 1. The van der Waals surface area contributed by atoms with Crippen LogP contribution < -0.4 is 0 Å². The molecule has 2 N–H and O–H groups in total. The van der Waals surface area contributed by atoms with Crippen LogP contribution in [0.4, 0.5) is 4.79 Å². The van der Waals surface area contributed by atoms with Crippen LogP contribution in [0.25, 0.3) is 0 Å². The number of aliphatic carboxylic acids is 2. The van der Waals surface area contributed by atoms with Gasteiger partial charge in [-0.1, -0.05) is 0 Å². The van der Waals surface area contributed by atoms with Gasteiger partial charge in [0.15, 0.2) is 0 Å². The molecule has 0 saturated carbocycles. The van der Waals surface area contributed by atoms with Crippen LogP contribution in [0.3, 0.4) is 0 Å². The van der Waals surface area contributed by atoms with Crippen molar-refractivity contribution in [2.45, 2.75) is 18.9 Å². The average molecular weight is 285 g/mol. The van der Waals surface area contributed by atoms with Gasteiger partial charge in [-0.25, -0.2) is 4.79 Å². The highest BCUT2D eigenvalue weighted by atomic mass is 16.4. The first-order valence-corrected chi connectivity index (χ1v) is 6.69. The monoisotopic (exact) mass is 285 g/mol. The third-order valence-electron chi connectivity index (χ3n) is 3.78. The molecule has 0 aromatic rings. The van der Waals surface area contributed by atoms with Gasteiger partial charge in [0.2, 0.25) is 0 Å². The Hall–Kier alpha value is -1.83. The Bertz CT molecular complexity index is 398. The molecule has 2 fully saturated rings. The molecular weight excluding hydrogens is 266 g/mol. The van der Waals surface area contributed by atoms with Crippen LogP contribution in [0, 0.1) is 0 Å². The van der Waals surface area contributed by atoms with Gasteiger partial charge in [-0.15, -0.1) is 0 Å². The normalized spacial score (nSPS) is 22.4. The van der Waals surface area contributed by atoms with Crippen LogP contribution in [0.5, 0.6) is 0 Å². The molecule has 0 aromatic heterocycles. The number of carboxylic acid groups (broad SMARTS) is 2. The fourth-order valence-electron chi connectivity index (χ4n) is 2.88. The minimum absolute atomic E-state index is 0.323. The Morgan fingerprint density at radius 3 is 2.30 bits per heavy atom. The number of fused-ring (bicyclic) bond motifs is 1. The smallest absolute Gasteiger partial charge is 0.323 e. The SMILES string of the molecule is O=C(O)CN(CC(=O)O)C(=O)N1CCN2CCCC2C1. The van der Waals surface area contributed by atoms with E-state index < -0.39 is 31.1 Å². The van der Waals surface area contributed by atoms with Gasteiger partial charge in [0, 0.05) is 25.7 Å². The second-order valence-corrected chi connectivity index (χ2v) is 5.20. The van der Waals surface area contributed by atoms with E-state index in [1.54, 1.807) is 4.90 Å². The van der Waals surface area contributed by atoms with E-state index in [9.17, 15) is 14.4 Å². The van der Waals surface area contributed by atoms with Gasteiger partial charge in [0.1, 0.15) is 13.1 Å². The molecule has 0 spiro atoms. The number of nitrogens with zero attached hydrogens (tertiary/aromatic N) is 3. The minimum atomic E-state index is -1.21. The summed E-state index contributed by atoms with van der Waals surface area (Å²) in [5.41, 5.74) is 0. The number of urea groups is 1. The van der Waals surface area contributed by atoms with Crippen LogP contribution in [0.2, 0.25) is 0 Å². The van der Waals surface area contributed by atoms with E-state index in [0.717, 1.165) is 30.8 Å². The van der Waals surface area contributed by atoms with Crippen molar-refractivity contribution in [3.05, 3.63) is 0 Å². The summed E-state index contributed by atoms with van der Waals surface area (Å²) in [6.07, 6.45) is 2.14. The zero-order valence-electron chi connectivity index (χ0n) is 11.2. The van der Waals surface area contributed by atoms with Crippen LogP contribution in [-0.2, 0) is 9.59 Å². The van der Waals surface area contributed by atoms with Crippen molar-refractivity contribution in [1.82, 2.24) is 14.7 Å². The second kappa shape index (κ2) is 6.08. The van der Waals surface area contributed by atoms with E-state index in [1.807, 2.05) is 0 Å². The standard InChI is InChI=1S/C12H19N3O5/c16-10(17)7-15(8-11(18)19)12(20)14-5-4-13-3-1-2-9(13)6-14/h9H,1-8H2,(H,16,17)(H,18,19). The van der Waals surface area contributed by atoms with Crippen molar-refractivity contribution < 1.29 is 24.6 Å². The molecule has 1 unspecified atom stereocenters. The Labute approximate surface area is 116 Å². The lowest BCUT2D eigenvalue weighted by Gasteiger charge is -2.39. The lowest BCUT2D eigenvalue weighted by Crippen LogP contribution is -2.56. The Morgan fingerprint density at radius 2 is 1.70 bits per heavy atom. The third-order valence-corrected chi connectivity index (χ3v) is 3.78. The molecule has 112 valence electrons. The predicted octanol–water partition coefficient (Wildman–Crippen LogP) is -0.642. The molecule has 2 rings (SSSR count). The summed E-state index contributed by atoms with van der Waals surface area (Å²) in [5, 5.41) is 17.6. The van der Waals surface area contributed by atoms with Gasteiger partial charge in [-0.05, 0) is 19.4 Å². The fourth-order valence-corrected chi connectivity index (χ4v) is 2.88. The summed E-state index contributed by atoms with van der Waals surface area (Å²) in [7, 11) is 0. The molecule has 2 aliphatic heterocycles. The number of amides is 2.